The van der Waals surface area contributed by atoms with Gasteiger partial charge in [-0.05, 0) is 43.2 Å². The van der Waals surface area contributed by atoms with E-state index in [4.69, 9.17) is 16.3 Å². The second-order valence-electron chi connectivity index (χ2n) is 4.79. The topological polar surface area (TPSA) is 55.4 Å². The van der Waals surface area contributed by atoms with Crippen LogP contribution in [0.15, 0.2) is 24.3 Å². The van der Waals surface area contributed by atoms with Crippen LogP contribution in [-0.4, -0.2) is 18.5 Å². The van der Waals surface area contributed by atoms with Gasteiger partial charge in [0.05, 0.1) is 5.69 Å². The molecule has 0 saturated heterocycles. The highest BCUT2D eigenvalue weighted by atomic mass is 35.5. The zero-order valence-electron chi connectivity index (χ0n) is 12.6. The van der Waals surface area contributed by atoms with Gasteiger partial charge in [0.2, 0.25) is 0 Å². The van der Waals surface area contributed by atoms with Gasteiger partial charge in [-0.2, -0.15) is 0 Å². The second-order valence-corrected chi connectivity index (χ2v) is 6.49. The first kappa shape index (κ1) is 17.4. The number of ether oxygens (including phenoxy) is 1. The molecule has 2 aromatic rings. The van der Waals surface area contributed by atoms with Crippen LogP contribution < -0.4 is 5.32 Å². The van der Waals surface area contributed by atoms with E-state index in [-0.39, 0.29) is 5.69 Å². The largest absolute Gasteiger partial charge is 0.451 e. The summed E-state index contributed by atoms with van der Waals surface area (Å²) in [5.41, 5.74) is 1.02. The van der Waals surface area contributed by atoms with Crippen molar-refractivity contribution < 1.29 is 18.7 Å². The lowest BCUT2D eigenvalue weighted by molar-refractivity contribution is -0.119. The molecule has 0 spiro atoms. The van der Waals surface area contributed by atoms with Gasteiger partial charge < -0.3 is 10.1 Å². The van der Waals surface area contributed by atoms with E-state index in [1.165, 1.54) is 23.5 Å². The normalized spacial score (nSPS) is 10.4. The molecule has 0 aliphatic rings. The van der Waals surface area contributed by atoms with E-state index in [0.717, 1.165) is 22.9 Å². The molecule has 23 heavy (non-hydrogen) atoms. The van der Waals surface area contributed by atoms with Crippen molar-refractivity contribution >= 4 is 40.5 Å². The lowest BCUT2D eigenvalue weighted by Crippen LogP contribution is -2.21. The predicted molar refractivity (Wildman–Crippen MR) is 88.8 cm³/mol. The van der Waals surface area contributed by atoms with Crippen molar-refractivity contribution in [2.45, 2.75) is 20.3 Å². The number of esters is 1. The number of hydrogen-bond acceptors (Lipinski definition) is 4. The van der Waals surface area contributed by atoms with E-state index in [1.807, 2.05) is 13.8 Å². The summed E-state index contributed by atoms with van der Waals surface area (Å²) < 4.78 is 18.4. The Morgan fingerprint density at radius 1 is 1.35 bits per heavy atom. The summed E-state index contributed by atoms with van der Waals surface area (Å²) in [5, 5.41) is 2.60. The SMILES string of the molecule is CCc1cc(C(=O)OCC(=O)Nc2cc(Cl)ccc2F)sc1C. The maximum atomic E-state index is 13.5. The molecule has 0 saturated carbocycles. The first-order valence-corrected chi connectivity index (χ1v) is 8.11. The number of carbonyl (C=O) groups excluding carboxylic acids is 2. The number of amides is 1. The number of anilines is 1. The fraction of sp³-hybridized carbons (Fsp3) is 0.250. The van der Waals surface area contributed by atoms with Gasteiger partial charge in [-0.15, -0.1) is 11.3 Å². The molecule has 2 rings (SSSR count). The molecule has 1 heterocycles. The number of carbonyl (C=O) groups is 2. The Hall–Kier alpha value is -1.92. The van der Waals surface area contributed by atoms with Crippen LogP contribution >= 0.6 is 22.9 Å². The molecule has 0 atom stereocenters. The van der Waals surface area contributed by atoms with Gasteiger partial charge in [-0.1, -0.05) is 18.5 Å². The summed E-state index contributed by atoms with van der Waals surface area (Å²) in [5.74, 6) is -1.82. The average molecular weight is 356 g/mol. The van der Waals surface area contributed by atoms with E-state index >= 15 is 0 Å². The maximum absolute atomic E-state index is 13.5. The third-order valence-electron chi connectivity index (χ3n) is 3.14. The van der Waals surface area contributed by atoms with Crippen LogP contribution in [0.1, 0.15) is 27.0 Å². The van der Waals surface area contributed by atoms with Gasteiger partial charge in [0.25, 0.3) is 5.91 Å². The Bertz CT molecular complexity index is 745. The monoisotopic (exact) mass is 355 g/mol. The first-order chi connectivity index (χ1) is 10.9. The highest BCUT2D eigenvalue weighted by Crippen LogP contribution is 2.23. The summed E-state index contributed by atoms with van der Waals surface area (Å²) in [6.45, 7) is 3.43. The quantitative estimate of drug-likeness (QED) is 0.817. The molecule has 0 unspecified atom stereocenters. The minimum Gasteiger partial charge on any atom is -0.451 e. The number of rotatable bonds is 5. The Balaban J connectivity index is 1.93. The van der Waals surface area contributed by atoms with Gasteiger partial charge in [0, 0.05) is 9.90 Å². The van der Waals surface area contributed by atoms with Crippen LogP contribution in [0.25, 0.3) is 0 Å². The van der Waals surface area contributed by atoms with Crippen molar-refractivity contribution in [3.63, 3.8) is 0 Å². The number of hydrogen-bond donors (Lipinski definition) is 1. The third-order valence-corrected chi connectivity index (χ3v) is 4.45. The van der Waals surface area contributed by atoms with Crippen molar-refractivity contribution in [3.8, 4) is 0 Å². The molecule has 0 aliphatic heterocycles. The van der Waals surface area contributed by atoms with E-state index < -0.39 is 24.3 Å². The second kappa shape index (κ2) is 7.57. The highest BCUT2D eigenvalue weighted by Gasteiger charge is 2.15. The Morgan fingerprint density at radius 2 is 2.09 bits per heavy atom. The van der Waals surface area contributed by atoms with Crippen molar-refractivity contribution in [1.29, 1.82) is 0 Å². The summed E-state index contributed by atoms with van der Waals surface area (Å²) in [4.78, 5) is 25.2. The molecule has 122 valence electrons. The van der Waals surface area contributed by atoms with E-state index in [9.17, 15) is 14.0 Å². The third kappa shape index (κ3) is 4.53. The molecule has 0 radical (unpaired) electrons. The molecule has 0 aliphatic carbocycles. The lowest BCUT2D eigenvalue weighted by Gasteiger charge is -2.07. The number of benzene rings is 1. The van der Waals surface area contributed by atoms with E-state index in [1.54, 1.807) is 6.07 Å². The molecule has 1 N–H and O–H groups in total. The van der Waals surface area contributed by atoms with Crippen molar-refractivity contribution in [3.05, 3.63) is 50.4 Å². The molecule has 1 amide bonds. The van der Waals surface area contributed by atoms with Gasteiger partial charge in [0.15, 0.2) is 6.61 Å². The number of aryl methyl sites for hydroxylation is 2. The van der Waals surface area contributed by atoms with Crippen molar-refractivity contribution in [2.75, 3.05) is 11.9 Å². The fourth-order valence-electron chi connectivity index (χ4n) is 1.95. The molecule has 1 aromatic heterocycles. The molecule has 0 bridgehead atoms. The fourth-order valence-corrected chi connectivity index (χ4v) is 3.13. The first-order valence-electron chi connectivity index (χ1n) is 6.92. The summed E-state index contributed by atoms with van der Waals surface area (Å²) in [6, 6.07) is 5.56. The molecular formula is C16H15ClFNO3S. The zero-order chi connectivity index (χ0) is 17.0. The zero-order valence-corrected chi connectivity index (χ0v) is 14.2. The van der Waals surface area contributed by atoms with Crippen LogP contribution in [0, 0.1) is 12.7 Å². The molecular weight excluding hydrogens is 341 g/mol. The number of halogens is 2. The molecule has 7 heteroatoms. The Kier molecular flexibility index (Phi) is 5.74. The Morgan fingerprint density at radius 3 is 2.74 bits per heavy atom. The van der Waals surface area contributed by atoms with Crippen LogP contribution in [-0.2, 0) is 16.0 Å². The van der Waals surface area contributed by atoms with Gasteiger partial charge in [-0.25, -0.2) is 9.18 Å². The van der Waals surface area contributed by atoms with E-state index in [0.29, 0.717) is 9.90 Å². The maximum Gasteiger partial charge on any atom is 0.348 e. The standard InChI is InChI=1S/C16H15ClFNO3S/c1-3-10-6-14(23-9(10)2)16(21)22-8-15(20)19-13-7-11(17)4-5-12(13)18/h4-7H,3,8H2,1-2H3,(H,19,20). The Labute approximate surface area is 142 Å². The van der Waals surface area contributed by atoms with Crippen LogP contribution in [0.4, 0.5) is 10.1 Å². The van der Waals surface area contributed by atoms with Crippen LogP contribution in [0.3, 0.4) is 0 Å². The number of nitrogens with one attached hydrogen (secondary N) is 1. The molecule has 4 nitrogen and oxygen atoms in total. The minimum absolute atomic E-state index is 0.0567. The number of thiophene rings is 1. The van der Waals surface area contributed by atoms with Crippen LogP contribution in [0.2, 0.25) is 5.02 Å². The highest BCUT2D eigenvalue weighted by molar-refractivity contribution is 7.14. The van der Waals surface area contributed by atoms with Crippen molar-refractivity contribution in [2.24, 2.45) is 0 Å². The molecule has 1 aromatic carbocycles. The average Bonchev–Trinajstić information content (AvgIpc) is 2.89. The minimum atomic E-state index is -0.636. The lowest BCUT2D eigenvalue weighted by atomic mass is 10.2. The van der Waals surface area contributed by atoms with Crippen molar-refractivity contribution in [1.82, 2.24) is 0 Å². The van der Waals surface area contributed by atoms with Gasteiger partial charge in [-0.3, -0.25) is 4.79 Å². The van der Waals surface area contributed by atoms with Gasteiger partial charge >= 0.3 is 5.97 Å². The van der Waals surface area contributed by atoms with E-state index in [2.05, 4.69) is 5.32 Å². The summed E-state index contributed by atoms with van der Waals surface area (Å²) >= 11 is 7.06. The van der Waals surface area contributed by atoms with Gasteiger partial charge in [0.1, 0.15) is 10.7 Å². The predicted octanol–water partition coefficient (Wildman–Crippen LogP) is 4.21. The smallest absolute Gasteiger partial charge is 0.348 e. The van der Waals surface area contributed by atoms with Crippen LogP contribution in [0.5, 0.6) is 0 Å². The molecule has 0 fully saturated rings. The summed E-state index contributed by atoms with van der Waals surface area (Å²) in [6.07, 6.45) is 0.824. The summed E-state index contributed by atoms with van der Waals surface area (Å²) in [7, 11) is 0.